The van der Waals surface area contributed by atoms with Gasteiger partial charge in [-0.05, 0) is 37.8 Å². The van der Waals surface area contributed by atoms with E-state index < -0.39 is 11.7 Å². The van der Waals surface area contributed by atoms with Crippen molar-refractivity contribution in [1.29, 1.82) is 0 Å². The summed E-state index contributed by atoms with van der Waals surface area (Å²) in [6.07, 6.45) is 2.60. The molecule has 3 heteroatoms. The number of aliphatic hydroxyl groups is 1. The van der Waals surface area contributed by atoms with Gasteiger partial charge < -0.3 is 9.84 Å². The van der Waals surface area contributed by atoms with Crippen molar-refractivity contribution in [3.05, 3.63) is 35.6 Å². The highest BCUT2D eigenvalue weighted by Gasteiger charge is 2.35. The van der Waals surface area contributed by atoms with Gasteiger partial charge in [-0.2, -0.15) is 0 Å². The van der Waals surface area contributed by atoms with Gasteiger partial charge in [-0.1, -0.05) is 18.2 Å². The molecule has 2 unspecified atom stereocenters. The van der Waals surface area contributed by atoms with Crippen LogP contribution in [0.4, 0.5) is 4.39 Å². The molecule has 0 saturated carbocycles. The van der Waals surface area contributed by atoms with Crippen molar-refractivity contribution in [3.8, 4) is 0 Å². The lowest BCUT2D eigenvalue weighted by Gasteiger charge is -2.38. The molecular weight excluding hydrogens is 219 g/mol. The first kappa shape index (κ1) is 12.5. The summed E-state index contributed by atoms with van der Waals surface area (Å²) in [4.78, 5) is 0. The maximum absolute atomic E-state index is 13.5. The molecule has 0 amide bonds. The van der Waals surface area contributed by atoms with Gasteiger partial charge in [0.2, 0.25) is 0 Å². The third kappa shape index (κ3) is 2.85. The van der Waals surface area contributed by atoms with Crippen molar-refractivity contribution in [2.45, 2.75) is 44.3 Å². The van der Waals surface area contributed by atoms with Gasteiger partial charge in [0.1, 0.15) is 5.82 Å². The maximum atomic E-state index is 13.5. The molecule has 2 nitrogen and oxygen atoms in total. The third-order valence-electron chi connectivity index (χ3n) is 3.58. The van der Waals surface area contributed by atoms with E-state index in [9.17, 15) is 9.50 Å². The summed E-state index contributed by atoms with van der Waals surface area (Å²) in [5.74, 6) is -0.258. The van der Waals surface area contributed by atoms with Crippen LogP contribution in [0.15, 0.2) is 24.3 Å². The van der Waals surface area contributed by atoms with E-state index in [0.717, 1.165) is 19.3 Å². The lowest BCUT2D eigenvalue weighted by atomic mass is 9.87. The van der Waals surface area contributed by atoms with E-state index in [-0.39, 0.29) is 5.82 Å². The zero-order valence-corrected chi connectivity index (χ0v) is 10.2. The lowest BCUT2D eigenvalue weighted by Crippen LogP contribution is -2.45. The van der Waals surface area contributed by atoms with Crippen LogP contribution in [0.2, 0.25) is 0 Å². The Balaban J connectivity index is 2.05. The van der Waals surface area contributed by atoms with E-state index in [4.69, 9.17) is 4.74 Å². The van der Waals surface area contributed by atoms with Crippen molar-refractivity contribution in [1.82, 2.24) is 0 Å². The van der Waals surface area contributed by atoms with Gasteiger partial charge in [-0.3, -0.25) is 0 Å². The zero-order valence-electron chi connectivity index (χ0n) is 10.2. The smallest absolute Gasteiger partial charge is 0.126 e. The lowest BCUT2D eigenvalue weighted by molar-refractivity contribution is -0.135. The summed E-state index contributed by atoms with van der Waals surface area (Å²) < 4.78 is 19.2. The number of rotatable bonds is 3. The second kappa shape index (κ2) is 5.15. The Morgan fingerprint density at radius 1 is 1.41 bits per heavy atom. The normalized spacial score (nSPS) is 26.8. The van der Waals surface area contributed by atoms with Crippen molar-refractivity contribution < 1.29 is 14.2 Å². The standard InChI is InChI=1S/C14H19FO2/c1-14(8-4-5-9-17-14)13(16)10-11-6-2-3-7-12(11)15/h2-3,6-7,13,16H,4-5,8-10H2,1H3. The molecule has 1 aliphatic rings. The summed E-state index contributed by atoms with van der Waals surface area (Å²) in [6.45, 7) is 2.60. The molecule has 1 aromatic carbocycles. The monoisotopic (exact) mass is 238 g/mol. The van der Waals surface area contributed by atoms with E-state index in [0.29, 0.717) is 18.6 Å². The third-order valence-corrected chi connectivity index (χ3v) is 3.58. The van der Waals surface area contributed by atoms with Crippen molar-refractivity contribution in [2.75, 3.05) is 6.61 Å². The molecule has 0 radical (unpaired) electrons. The fourth-order valence-electron chi connectivity index (χ4n) is 2.31. The van der Waals surface area contributed by atoms with Crippen molar-refractivity contribution >= 4 is 0 Å². The van der Waals surface area contributed by atoms with Crippen LogP contribution in [0.1, 0.15) is 31.7 Å². The highest BCUT2D eigenvalue weighted by atomic mass is 19.1. The van der Waals surface area contributed by atoms with Crippen LogP contribution in [0.5, 0.6) is 0 Å². The molecule has 1 heterocycles. The minimum absolute atomic E-state index is 0.258. The summed E-state index contributed by atoms with van der Waals surface area (Å²) >= 11 is 0. The molecule has 1 fully saturated rings. The summed E-state index contributed by atoms with van der Waals surface area (Å²) in [6, 6.07) is 6.58. The first-order valence-electron chi connectivity index (χ1n) is 6.17. The van der Waals surface area contributed by atoms with Gasteiger partial charge in [0.25, 0.3) is 0 Å². The SMILES string of the molecule is CC1(C(O)Cc2ccccc2F)CCCCO1. The second-order valence-electron chi connectivity index (χ2n) is 4.93. The van der Waals surface area contributed by atoms with Crippen LogP contribution < -0.4 is 0 Å². The molecule has 1 aromatic rings. The predicted octanol–water partition coefficient (Wildman–Crippen LogP) is 2.69. The van der Waals surface area contributed by atoms with E-state index in [1.54, 1.807) is 18.2 Å². The van der Waals surface area contributed by atoms with E-state index in [2.05, 4.69) is 0 Å². The largest absolute Gasteiger partial charge is 0.390 e. The number of benzene rings is 1. The molecule has 2 rings (SSSR count). The number of hydrogen-bond donors (Lipinski definition) is 1. The summed E-state index contributed by atoms with van der Waals surface area (Å²) in [5, 5.41) is 10.2. The van der Waals surface area contributed by atoms with Gasteiger partial charge >= 0.3 is 0 Å². The topological polar surface area (TPSA) is 29.5 Å². The highest BCUT2D eigenvalue weighted by Crippen LogP contribution is 2.29. The Labute approximate surface area is 101 Å². The molecule has 94 valence electrons. The zero-order chi connectivity index (χ0) is 12.3. The van der Waals surface area contributed by atoms with E-state index in [1.807, 2.05) is 6.92 Å². The maximum Gasteiger partial charge on any atom is 0.126 e. The molecule has 0 aliphatic carbocycles. The molecule has 0 spiro atoms. The number of hydrogen-bond acceptors (Lipinski definition) is 2. The second-order valence-corrected chi connectivity index (χ2v) is 4.93. The Bertz CT molecular complexity index is 372. The van der Waals surface area contributed by atoms with Crippen molar-refractivity contribution in [2.24, 2.45) is 0 Å². The molecule has 0 aromatic heterocycles. The molecular formula is C14H19FO2. The van der Waals surface area contributed by atoms with Crippen LogP contribution in [0.3, 0.4) is 0 Å². The van der Waals surface area contributed by atoms with Crippen molar-refractivity contribution in [3.63, 3.8) is 0 Å². The highest BCUT2D eigenvalue weighted by molar-refractivity contribution is 5.18. The predicted molar refractivity (Wildman–Crippen MR) is 64.3 cm³/mol. The van der Waals surface area contributed by atoms with E-state index in [1.165, 1.54) is 6.07 Å². The van der Waals surface area contributed by atoms with E-state index >= 15 is 0 Å². The van der Waals surface area contributed by atoms with Gasteiger partial charge in [0, 0.05) is 13.0 Å². The molecule has 17 heavy (non-hydrogen) atoms. The first-order valence-corrected chi connectivity index (χ1v) is 6.17. The van der Waals surface area contributed by atoms with Gasteiger partial charge in [0.05, 0.1) is 11.7 Å². The minimum Gasteiger partial charge on any atom is -0.390 e. The van der Waals surface area contributed by atoms with Gasteiger partial charge in [-0.25, -0.2) is 4.39 Å². The minimum atomic E-state index is -0.653. The summed E-state index contributed by atoms with van der Waals surface area (Å²) in [5.41, 5.74) is 0.0240. The van der Waals surface area contributed by atoms with Crippen LogP contribution in [-0.4, -0.2) is 23.4 Å². The number of aliphatic hydroxyl groups excluding tert-OH is 1. The fraction of sp³-hybridized carbons (Fsp3) is 0.571. The number of ether oxygens (including phenoxy) is 1. The Kier molecular flexibility index (Phi) is 3.79. The first-order chi connectivity index (χ1) is 8.12. The average molecular weight is 238 g/mol. The van der Waals surface area contributed by atoms with Crippen LogP contribution in [0.25, 0.3) is 0 Å². The van der Waals surface area contributed by atoms with Gasteiger partial charge in [0.15, 0.2) is 0 Å². The molecule has 1 saturated heterocycles. The Morgan fingerprint density at radius 3 is 2.82 bits per heavy atom. The molecule has 1 N–H and O–H groups in total. The molecule has 2 atom stereocenters. The average Bonchev–Trinajstić information content (AvgIpc) is 2.33. The number of halogens is 1. The van der Waals surface area contributed by atoms with Crippen LogP contribution >= 0.6 is 0 Å². The van der Waals surface area contributed by atoms with Crippen LogP contribution in [-0.2, 0) is 11.2 Å². The molecule has 0 bridgehead atoms. The Morgan fingerprint density at radius 2 is 2.18 bits per heavy atom. The fourth-order valence-corrected chi connectivity index (χ4v) is 2.31. The van der Waals surface area contributed by atoms with Crippen LogP contribution in [0, 0.1) is 5.82 Å². The Hall–Kier alpha value is -0.930. The summed E-state index contributed by atoms with van der Waals surface area (Å²) in [7, 11) is 0. The quantitative estimate of drug-likeness (QED) is 0.877. The van der Waals surface area contributed by atoms with Gasteiger partial charge in [-0.15, -0.1) is 0 Å². The molecule has 1 aliphatic heterocycles.